The number of ether oxygens (including phenoxy) is 1. The number of aryl methyl sites for hydroxylation is 1. The Morgan fingerprint density at radius 3 is 2.86 bits per heavy atom. The molecule has 0 saturated carbocycles. The van der Waals surface area contributed by atoms with Crippen molar-refractivity contribution in [2.75, 3.05) is 12.4 Å². The van der Waals surface area contributed by atoms with Gasteiger partial charge in [0.05, 0.1) is 6.61 Å². The van der Waals surface area contributed by atoms with E-state index in [4.69, 9.17) is 4.74 Å². The van der Waals surface area contributed by atoms with Crippen molar-refractivity contribution in [1.29, 1.82) is 0 Å². The molecule has 0 aliphatic rings. The van der Waals surface area contributed by atoms with Crippen molar-refractivity contribution in [1.82, 2.24) is 0 Å². The fourth-order valence-corrected chi connectivity index (χ4v) is 1.62. The zero-order chi connectivity index (χ0) is 10.2. The van der Waals surface area contributed by atoms with Gasteiger partial charge >= 0.3 is 0 Å². The molecular formula is C12H18OS. The monoisotopic (exact) mass is 210 g/mol. The second kappa shape index (κ2) is 6.77. The fourth-order valence-electron chi connectivity index (χ4n) is 1.40. The first-order valence-corrected chi connectivity index (χ1v) is 5.82. The van der Waals surface area contributed by atoms with Gasteiger partial charge in [0.2, 0.25) is 0 Å². The van der Waals surface area contributed by atoms with E-state index in [1.807, 2.05) is 13.0 Å². The molecule has 0 atom stereocenters. The summed E-state index contributed by atoms with van der Waals surface area (Å²) in [5.74, 6) is 1.96. The maximum atomic E-state index is 5.44. The highest BCUT2D eigenvalue weighted by atomic mass is 32.1. The molecule has 0 amide bonds. The molecule has 1 nitrogen and oxygen atoms in total. The quantitative estimate of drug-likeness (QED) is 0.559. The van der Waals surface area contributed by atoms with Crippen molar-refractivity contribution < 1.29 is 4.74 Å². The number of hydrogen-bond donors (Lipinski definition) is 1. The molecule has 2 heteroatoms. The van der Waals surface area contributed by atoms with Gasteiger partial charge in [0, 0.05) is 0 Å². The molecule has 0 aliphatic carbocycles. The molecule has 0 heterocycles. The van der Waals surface area contributed by atoms with E-state index in [9.17, 15) is 0 Å². The number of benzene rings is 1. The Balaban J connectivity index is 2.46. The van der Waals surface area contributed by atoms with Crippen LogP contribution in [0, 0.1) is 0 Å². The highest BCUT2D eigenvalue weighted by Crippen LogP contribution is 2.15. The predicted molar refractivity (Wildman–Crippen MR) is 64.4 cm³/mol. The highest BCUT2D eigenvalue weighted by molar-refractivity contribution is 7.80. The molecule has 0 saturated heterocycles. The van der Waals surface area contributed by atoms with E-state index in [0.717, 1.165) is 24.5 Å². The smallest absolute Gasteiger partial charge is 0.119 e. The van der Waals surface area contributed by atoms with E-state index in [1.165, 1.54) is 18.4 Å². The normalized spacial score (nSPS) is 10.1. The van der Waals surface area contributed by atoms with E-state index >= 15 is 0 Å². The fraction of sp³-hybridized carbons (Fsp3) is 0.500. The first kappa shape index (κ1) is 11.4. The lowest BCUT2D eigenvalue weighted by Gasteiger charge is -2.05. The summed E-state index contributed by atoms with van der Waals surface area (Å²) in [6, 6.07) is 8.34. The zero-order valence-electron chi connectivity index (χ0n) is 8.70. The summed E-state index contributed by atoms with van der Waals surface area (Å²) >= 11 is 4.20. The van der Waals surface area contributed by atoms with Crippen LogP contribution in [0.25, 0.3) is 0 Å². The van der Waals surface area contributed by atoms with Gasteiger partial charge in [-0.2, -0.15) is 12.6 Å². The van der Waals surface area contributed by atoms with Crippen LogP contribution in [0.1, 0.15) is 25.3 Å². The minimum Gasteiger partial charge on any atom is -0.494 e. The van der Waals surface area contributed by atoms with Crippen LogP contribution >= 0.6 is 12.6 Å². The van der Waals surface area contributed by atoms with Gasteiger partial charge in [-0.25, -0.2) is 0 Å². The van der Waals surface area contributed by atoms with Crippen LogP contribution in [0.5, 0.6) is 5.75 Å². The Kier molecular flexibility index (Phi) is 5.53. The van der Waals surface area contributed by atoms with Gasteiger partial charge in [-0.05, 0) is 49.6 Å². The third kappa shape index (κ3) is 4.05. The van der Waals surface area contributed by atoms with Crippen LogP contribution in [0.2, 0.25) is 0 Å². The molecule has 0 aliphatic heterocycles. The van der Waals surface area contributed by atoms with Gasteiger partial charge in [-0.3, -0.25) is 0 Å². The highest BCUT2D eigenvalue weighted by Gasteiger charge is 1.96. The molecule has 0 unspecified atom stereocenters. The first-order valence-electron chi connectivity index (χ1n) is 5.19. The minimum absolute atomic E-state index is 0.736. The molecule has 0 bridgehead atoms. The van der Waals surface area contributed by atoms with Crippen LogP contribution in [0.3, 0.4) is 0 Å². The summed E-state index contributed by atoms with van der Waals surface area (Å²) < 4.78 is 5.44. The van der Waals surface area contributed by atoms with Gasteiger partial charge in [-0.1, -0.05) is 12.1 Å². The summed E-state index contributed by atoms with van der Waals surface area (Å²) in [6.45, 7) is 2.74. The lowest BCUT2D eigenvalue weighted by molar-refractivity contribution is 0.340. The molecule has 14 heavy (non-hydrogen) atoms. The van der Waals surface area contributed by atoms with Gasteiger partial charge < -0.3 is 4.74 Å². The standard InChI is InChI=1S/C12H18OS/c1-2-13-12-8-5-7-11(10-12)6-3-4-9-14/h5,7-8,10,14H,2-4,6,9H2,1H3. The van der Waals surface area contributed by atoms with E-state index in [2.05, 4.69) is 30.8 Å². The Labute approximate surface area is 91.9 Å². The molecule has 0 spiro atoms. The van der Waals surface area contributed by atoms with Crippen LogP contribution in [-0.4, -0.2) is 12.4 Å². The summed E-state index contributed by atoms with van der Waals surface area (Å²) in [5.41, 5.74) is 1.36. The first-order chi connectivity index (χ1) is 6.86. The lowest BCUT2D eigenvalue weighted by Crippen LogP contribution is -1.93. The summed E-state index contributed by atoms with van der Waals surface area (Å²) in [5, 5.41) is 0. The van der Waals surface area contributed by atoms with Gasteiger partial charge in [0.15, 0.2) is 0 Å². The van der Waals surface area contributed by atoms with Crippen LogP contribution < -0.4 is 4.74 Å². The van der Waals surface area contributed by atoms with E-state index in [-0.39, 0.29) is 0 Å². The van der Waals surface area contributed by atoms with Gasteiger partial charge in [-0.15, -0.1) is 0 Å². The number of hydrogen-bond acceptors (Lipinski definition) is 2. The van der Waals surface area contributed by atoms with Crippen molar-refractivity contribution in [3.63, 3.8) is 0 Å². The average molecular weight is 210 g/mol. The topological polar surface area (TPSA) is 9.23 Å². The molecule has 0 fully saturated rings. The Morgan fingerprint density at radius 2 is 2.14 bits per heavy atom. The molecule has 0 aromatic heterocycles. The Hall–Kier alpha value is -0.630. The van der Waals surface area contributed by atoms with Crippen molar-refractivity contribution in [3.8, 4) is 5.75 Å². The second-order valence-electron chi connectivity index (χ2n) is 3.26. The number of rotatable bonds is 6. The molecule has 0 N–H and O–H groups in total. The van der Waals surface area contributed by atoms with E-state index in [1.54, 1.807) is 0 Å². The lowest BCUT2D eigenvalue weighted by atomic mass is 10.1. The Bertz CT molecular complexity index is 260. The predicted octanol–water partition coefficient (Wildman–Crippen LogP) is 3.34. The van der Waals surface area contributed by atoms with Crippen LogP contribution in [0.15, 0.2) is 24.3 Å². The number of thiol groups is 1. The maximum Gasteiger partial charge on any atom is 0.119 e. The molecule has 1 rings (SSSR count). The SMILES string of the molecule is CCOc1cccc(CCCCS)c1. The summed E-state index contributed by atoms with van der Waals surface area (Å²) in [4.78, 5) is 0. The van der Waals surface area contributed by atoms with Crippen molar-refractivity contribution >= 4 is 12.6 Å². The number of unbranched alkanes of at least 4 members (excludes halogenated alkanes) is 1. The van der Waals surface area contributed by atoms with Gasteiger partial charge in [0.25, 0.3) is 0 Å². The Morgan fingerprint density at radius 1 is 1.29 bits per heavy atom. The van der Waals surface area contributed by atoms with Crippen molar-refractivity contribution in [3.05, 3.63) is 29.8 Å². The molecule has 1 aromatic carbocycles. The van der Waals surface area contributed by atoms with Crippen LogP contribution in [-0.2, 0) is 6.42 Å². The molecule has 78 valence electrons. The van der Waals surface area contributed by atoms with Gasteiger partial charge in [0.1, 0.15) is 5.75 Å². The van der Waals surface area contributed by atoms with E-state index in [0.29, 0.717) is 0 Å². The molecule has 1 aromatic rings. The second-order valence-corrected chi connectivity index (χ2v) is 3.71. The average Bonchev–Trinajstić information content (AvgIpc) is 2.19. The summed E-state index contributed by atoms with van der Waals surface area (Å²) in [7, 11) is 0. The minimum atomic E-state index is 0.736. The third-order valence-corrected chi connectivity index (χ3v) is 2.40. The zero-order valence-corrected chi connectivity index (χ0v) is 9.59. The third-order valence-electron chi connectivity index (χ3n) is 2.08. The maximum absolute atomic E-state index is 5.44. The van der Waals surface area contributed by atoms with E-state index < -0.39 is 0 Å². The molecule has 0 radical (unpaired) electrons. The van der Waals surface area contributed by atoms with Crippen molar-refractivity contribution in [2.24, 2.45) is 0 Å². The van der Waals surface area contributed by atoms with Crippen molar-refractivity contribution in [2.45, 2.75) is 26.2 Å². The summed E-state index contributed by atoms with van der Waals surface area (Å²) in [6.07, 6.45) is 3.52. The largest absolute Gasteiger partial charge is 0.494 e. The molecular weight excluding hydrogens is 192 g/mol. The van der Waals surface area contributed by atoms with Crippen LogP contribution in [0.4, 0.5) is 0 Å².